The Hall–Kier alpha value is -1.85. The fourth-order valence-corrected chi connectivity index (χ4v) is 3.59. The number of nitrogens with two attached hydrogens (primary N) is 1. The molecule has 3 N–H and O–H groups in total. The fraction of sp³-hybridized carbons (Fsp3) is 0.444. The molecule has 0 atom stereocenters. The van der Waals surface area contributed by atoms with Crippen molar-refractivity contribution in [2.24, 2.45) is 5.73 Å². The highest BCUT2D eigenvalue weighted by Gasteiger charge is 2.33. The van der Waals surface area contributed by atoms with Gasteiger partial charge in [-0.1, -0.05) is 36.9 Å². The van der Waals surface area contributed by atoms with Crippen LogP contribution in [-0.4, -0.2) is 16.4 Å². The Morgan fingerprint density at radius 2 is 2.12 bits per heavy atom. The van der Waals surface area contributed by atoms with Gasteiger partial charge >= 0.3 is 0 Å². The lowest BCUT2D eigenvalue weighted by atomic mass is 9.79. The first-order chi connectivity index (χ1) is 11.6. The van der Waals surface area contributed by atoms with Crippen molar-refractivity contribution in [1.82, 2.24) is 10.3 Å². The maximum atomic E-state index is 11.4. The van der Waals surface area contributed by atoms with E-state index in [1.807, 2.05) is 24.3 Å². The zero-order chi connectivity index (χ0) is 17.0. The van der Waals surface area contributed by atoms with Crippen molar-refractivity contribution in [2.75, 3.05) is 0 Å². The standard InChI is InChI=1S/C18H22ClN3O2/c19-14-6-4-5-13(9-14)17-22-15(12-24-17)11-21-18(10-16(20)23)7-2-1-3-8-18/h4-6,9,12,21H,1-3,7-8,10-11H2,(H2,20,23). The van der Waals surface area contributed by atoms with Gasteiger partial charge < -0.3 is 15.5 Å². The van der Waals surface area contributed by atoms with Gasteiger partial charge in [-0.25, -0.2) is 4.98 Å². The summed E-state index contributed by atoms with van der Waals surface area (Å²) in [5.41, 5.74) is 6.89. The SMILES string of the molecule is NC(=O)CC1(NCc2coc(-c3cccc(Cl)c3)n2)CCCCC1. The van der Waals surface area contributed by atoms with E-state index in [9.17, 15) is 4.79 Å². The number of nitrogens with zero attached hydrogens (tertiary/aromatic N) is 1. The molecule has 0 saturated heterocycles. The van der Waals surface area contributed by atoms with Crippen molar-refractivity contribution in [3.05, 3.63) is 41.2 Å². The highest BCUT2D eigenvalue weighted by Crippen LogP contribution is 2.31. The Morgan fingerprint density at radius 1 is 1.33 bits per heavy atom. The Bertz CT molecular complexity index is 708. The van der Waals surface area contributed by atoms with E-state index < -0.39 is 0 Å². The van der Waals surface area contributed by atoms with Crippen LogP contribution in [0.4, 0.5) is 0 Å². The molecule has 1 aromatic heterocycles. The number of oxazole rings is 1. The summed E-state index contributed by atoms with van der Waals surface area (Å²) < 4.78 is 5.56. The number of amides is 1. The predicted molar refractivity (Wildman–Crippen MR) is 93.4 cm³/mol. The van der Waals surface area contributed by atoms with Crippen LogP contribution in [0, 0.1) is 0 Å². The molecule has 0 bridgehead atoms. The van der Waals surface area contributed by atoms with Gasteiger partial charge in [0.25, 0.3) is 0 Å². The van der Waals surface area contributed by atoms with Gasteiger partial charge in [0.05, 0.1) is 5.69 Å². The molecule has 0 unspecified atom stereocenters. The van der Waals surface area contributed by atoms with Crippen LogP contribution in [0.3, 0.4) is 0 Å². The molecule has 0 radical (unpaired) electrons. The molecule has 1 aliphatic rings. The van der Waals surface area contributed by atoms with E-state index in [0.29, 0.717) is 23.9 Å². The van der Waals surface area contributed by atoms with Gasteiger partial charge in [0.15, 0.2) is 0 Å². The highest BCUT2D eigenvalue weighted by atomic mass is 35.5. The number of halogens is 1. The van der Waals surface area contributed by atoms with Gasteiger partial charge in [-0.2, -0.15) is 0 Å². The largest absolute Gasteiger partial charge is 0.444 e. The summed E-state index contributed by atoms with van der Waals surface area (Å²) in [6, 6.07) is 7.40. The molecule has 2 aromatic rings. The molecular formula is C18H22ClN3O2. The topological polar surface area (TPSA) is 81.2 Å². The minimum Gasteiger partial charge on any atom is -0.444 e. The van der Waals surface area contributed by atoms with Crippen molar-refractivity contribution in [2.45, 2.75) is 50.6 Å². The summed E-state index contributed by atoms with van der Waals surface area (Å²) >= 11 is 6.01. The second-order valence-corrected chi connectivity index (χ2v) is 6.93. The van der Waals surface area contributed by atoms with E-state index >= 15 is 0 Å². The van der Waals surface area contributed by atoms with Crippen molar-refractivity contribution in [1.29, 1.82) is 0 Å². The van der Waals surface area contributed by atoms with Gasteiger partial charge in [-0.15, -0.1) is 0 Å². The summed E-state index contributed by atoms with van der Waals surface area (Å²) in [7, 11) is 0. The quantitative estimate of drug-likeness (QED) is 0.835. The molecule has 3 rings (SSSR count). The molecule has 1 fully saturated rings. The molecule has 1 amide bonds. The van der Waals surface area contributed by atoms with Crippen LogP contribution in [0.1, 0.15) is 44.2 Å². The van der Waals surface area contributed by atoms with E-state index in [4.69, 9.17) is 21.8 Å². The maximum Gasteiger partial charge on any atom is 0.226 e. The minimum atomic E-state index is -0.260. The van der Waals surface area contributed by atoms with Crippen LogP contribution in [0.25, 0.3) is 11.5 Å². The first-order valence-electron chi connectivity index (χ1n) is 8.30. The summed E-state index contributed by atoms with van der Waals surface area (Å²) in [5.74, 6) is 0.283. The van der Waals surface area contributed by atoms with Crippen LogP contribution in [0.5, 0.6) is 0 Å². The number of hydrogen-bond acceptors (Lipinski definition) is 4. The average molecular weight is 348 g/mol. The molecule has 6 heteroatoms. The van der Waals surface area contributed by atoms with Crippen molar-refractivity contribution in [3.8, 4) is 11.5 Å². The highest BCUT2D eigenvalue weighted by molar-refractivity contribution is 6.30. The average Bonchev–Trinajstić information content (AvgIpc) is 3.02. The summed E-state index contributed by atoms with van der Waals surface area (Å²) in [6.07, 6.45) is 7.39. The number of benzene rings is 1. The second kappa shape index (κ2) is 7.36. The first-order valence-corrected chi connectivity index (χ1v) is 8.68. The molecular weight excluding hydrogens is 326 g/mol. The van der Waals surface area contributed by atoms with E-state index in [1.165, 1.54) is 6.42 Å². The molecule has 1 heterocycles. The number of aromatic nitrogens is 1. The van der Waals surface area contributed by atoms with E-state index in [2.05, 4.69) is 10.3 Å². The zero-order valence-corrected chi connectivity index (χ0v) is 14.3. The van der Waals surface area contributed by atoms with Crippen LogP contribution in [-0.2, 0) is 11.3 Å². The third-order valence-corrected chi connectivity index (χ3v) is 4.83. The zero-order valence-electron chi connectivity index (χ0n) is 13.6. The van der Waals surface area contributed by atoms with Gasteiger partial charge in [0.2, 0.25) is 11.8 Å². The minimum absolute atomic E-state index is 0.209. The van der Waals surface area contributed by atoms with E-state index in [1.54, 1.807) is 6.26 Å². The van der Waals surface area contributed by atoms with E-state index in [0.717, 1.165) is 36.9 Å². The van der Waals surface area contributed by atoms with Crippen LogP contribution in [0.15, 0.2) is 34.9 Å². The summed E-state index contributed by atoms with van der Waals surface area (Å²) in [4.78, 5) is 16.0. The molecule has 1 aromatic carbocycles. The smallest absolute Gasteiger partial charge is 0.226 e. The lowest BCUT2D eigenvalue weighted by Gasteiger charge is -2.37. The van der Waals surface area contributed by atoms with Crippen LogP contribution in [0.2, 0.25) is 5.02 Å². The van der Waals surface area contributed by atoms with Crippen LogP contribution >= 0.6 is 11.6 Å². The molecule has 128 valence electrons. The molecule has 0 spiro atoms. The molecule has 1 saturated carbocycles. The third-order valence-electron chi connectivity index (χ3n) is 4.59. The third kappa shape index (κ3) is 4.16. The van der Waals surface area contributed by atoms with Gasteiger partial charge in [-0.3, -0.25) is 4.79 Å². The summed E-state index contributed by atoms with van der Waals surface area (Å²) in [5, 5.41) is 4.16. The monoisotopic (exact) mass is 347 g/mol. The van der Waals surface area contributed by atoms with Crippen molar-refractivity contribution >= 4 is 17.5 Å². The Kier molecular flexibility index (Phi) is 5.21. The number of carbonyl (C=O) groups excluding carboxylic acids is 1. The molecule has 24 heavy (non-hydrogen) atoms. The first kappa shape index (κ1) is 17.0. The van der Waals surface area contributed by atoms with Crippen molar-refractivity contribution in [3.63, 3.8) is 0 Å². The number of hydrogen-bond donors (Lipinski definition) is 2. The normalized spacial score (nSPS) is 16.9. The molecule has 0 aliphatic heterocycles. The van der Waals surface area contributed by atoms with Crippen molar-refractivity contribution < 1.29 is 9.21 Å². The number of rotatable bonds is 6. The lowest BCUT2D eigenvalue weighted by Crippen LogP contribution is -2.49. The molecule has 1 aliphatic carbocycles. The number of nitrogens with one attached hydrogen (secondary N) is 1. The lowest BCUT2D eigenvalue weighted by molar-refractivity contribution is -0.119. The van der Waals surface area contributed by atoms with Gasteiger partial charge in [0, 0.05) is 29.1 Å². The fourth-order valence-electron chi connectivity index (χ4n) is 3.40. The summed E-state index contributed by atoms with van der Waals surface area (Å²) in [6.45, 7) is 0.553. The number of primary amides is 1. The van der Waals surface area contributed by atoms with Crippen LogP contribution < -0.4 is 11.1 Å². The Morgan fingerprint density at radius 3 is 2.83 bits per heavy atom. The Balaban J connectivity index is 1.68. The maximum absolute atomic E-state index is 11.4. The van der Waals surface area contributed by atoms with Gasteiger partial charge in [0.1, 0.15) is 6.26 Å². The second-order valence-electron chi connectivity index (χ2n) is 6.49. The molecule has 5 nitrogen and oxygen atoms in total. The Labute approximate surface area is 146 Å². The van der Waals surface area contributed by atoms with Gasteiger partial charge in [-0.05, 0) is 31.0 Å². The number of carbonyl (C=O) groups is 1. The predicted octanol–water partition coefficient (Wildman–Crippen LogP) is 3.66. The van der Waals surface area contributed by atoms with E-state index in [-0.39, 0.29) is 11.4 Å².